The van der Waals surface area contributed by atoms with Crippen LogP contribution >= 0.6 is 0 Å². The van der Waals surface area contributed by atoms with Gasteiger partial charge in [-0.25, -0.2) is 0 Å². The monoisotopic (exact) mass is 250 g/mol. The van der Waals surface area contributed by atoms with Gasteiger partial charge in [-0.3, -0.25) is 4.79 Å². The summed E-state index contributed by atoms with van der Waals surface area (Å²) >= 11 is 0. The molecule has 0 aromatic carbocycles. The fourth-order valence-corrected chi connectivity index (χ4v) is 4.18. The average molecular weight is 250 g/mol. The second-order valence-corrected chi connectivity index (χ2v) is 6.33. The van der Waals surface area contributed by atoms with Gasteiger partial charge in [-0.05, 0) is 44.6 Å². The van der Waals surface area contributed by atoms with Gasteiger partial charge in [-0.15, -0.1) is 0 Å². The number of hydrogen-bond acceptors (Lipinski definition) is 2. The van der Waals surface area contributed by atoms with Gasteiger partial charge >= 0.3 is 0 Å². The van der Waals surface area contributed by atoms with E-state index in [0.29, 0.717) is 11.9 Å². The fourth-order valence-electron chi connectivity index (χ4n) is 4.18. The molecule has 2 aliphatic heterocycles. The second kappa shape index (κ2) is 5.60. The third-order valence-corrected chi connectivity index (χ3v) is 5.19. The molecule has 0 aromatic heterocycles. The van der Waals surface area contributed by atoms with Gasteiger partial charge in [-0.2, -0.15) is 0 Å². The molecule has 2 saturated heterocycles. The maximum Gasteiger partial charge on any atom is 0.227 e. The van der Waals surface area contributed by atoms with Crippen LogP contribution in [0, 0.1) is 11.8 Å². The topological polar surface area (TPSA) is 32.3 Å². The highest BCUT2D eigenvalue weighted by Gasteiger charge is 2.38. The zero-order valence-electron chi connectivity index (χ0n) is 11.4. The molecule has 102 valence electrons. The molecule has 0 bridgehead atoms. The average Bonchev–Trinajstić information content (AvgIpc) is 3.10. The first kappa shape index (κ1) is 12.5. The Morgan fingerprint density at radius 1 is 1.00 bits per heavy atom. The molecule has 3 heteroatoms. The maximum atomic E-state index is 12.6. The summed E-state index contributed by atoms with van der Waals surface area (Å²) in [5.74, 6) is 1.53. The van der Waals surface area contributed by atoms with Crippen LogP contribution in [0.5, 0.6) is 0 Å². The number of amides is 1. The molecule has 3 rings (SSSR count). The first-order chi connectivity index (χ1) is 8.86. The Bertz CT molecular complexity index is 293. The summed E-state index contributed by atoms with van der Waals surface area (Å²) in [6.45, 7) is 2.96. The molecule has 0 spiro atoms. The lowest BCUT2D eigenvalue weighted by molar-refractivity contribution is -0.136. The Kier molecular flexibility index (Phi) is 3.88. The Morgan fingerprint density at radius 3 is 2.56 bits per heavy atom. The number of nitrogens with one attached hydrogen (secondary N) is 1. The van der Waals surface area contributed by atoms with Gasteiger partial charge in [-0.1, -0.05) is 19.3 Å². The number of carbonyl (C=O) groups is 1. The SMILES string of the molecule is O=C(C1CCNC1)N1CCCC1C1CCCCC1. The van der Waals surface area contributed by atoms with Gasteiger partial charge in [0.15, 0.2) is 0 Å². The largest absolute Gasteiger partial charge is 0.339 e. The Hall–Kier alpha value is -0.570. The van der Waals surface area contributed by atoms with Crippen LogP contribution in [0.4, 0.5) is 0 Å². The zero-order valence-corrected chi connectivity index (χ0v) is 11.4. The molecule has 3 fully saturated rings. The molecule has 1 N–H and O–H groups in total. The number of hydrogen-bond donors (Lipinski definition) is 1. The lowest BCUT2D eigenvalue weighted by atomic mass is 9.82. The molecule has 1 saturated carbocycles. The highest BCUT2D eigenvalue weighted by atomic mass is 16.2. The second-order valence-electron chi connectivity index (χ2n) is 6.33. The lowest BCUT2D eigenvalue weighted by Gasteiger charge is -2.35. The van der Waals surface area contributed by atoms with Crippen LogP contribution in [0.1, 0.15) is 51.4 Å². The van der Waals surface area contributed by atoms with Crippen molar-refractivity contribution in [2.45, 2.75) is 57.4 Å². The summed E-state index contributed by atoms with van der Waals surface area (Å²) in [4.78, 5) is 14.8. The molecular weight excluding hydrogens is 224 g/mol. The summed E-state index contributed by atoms with van der Waals surface area (Å²) in [7, 11) is 0. The van der Waals surface area contributed by atoms with Crippen LogP contribution in [0.15, 0.2) is 0 Å². The van der Waals surface area contributed by atoms with E-state index in [4.69, 9.17) is 0 Å². The van der Waals surface area contributed by atoms with E-state index >= 15 is 0 Å². The third kappa shape index (κ3) is 2.42. The van der Waals surface area contributed by atoms with Crippen molar-refractivity contribution in [2.24, 2.45) is 11.8 Å². The molecule has 0 aromatic rings. The van der Waals surface area contributed by atoms with E-state index in [1.807, 2.05) is 0 Å². The quantitative estimate of drug-likeness (QED) is 0.814. The van der Waals surface area contributed by atoms with Crippen LogP contribution in [-0.2, 0) is 4.79 Å². The van der Waals surface area contributed by atoms with Crippen molar-refractivity contribution in [3.05, 3.63) is 0 Å². The van der Waals surface area contributed by atoms with E-state index in [-0.39, 0.29) is 5.92 Å². The molecule has 2 unspecified atom stereocenters. The van der Waals surface area contributed by atoms with Gasteiger partial charge in [0, 0.05) is 19.1 Å². The minimum Gasteiger partial charge on any atom is -0.339 e. The summed E-state index contributed by atoms with van der Waals surface area (Å²) in [6, 6.07) is 0.582. The fraction of sp³-hybridized carbons (Fsp3) is 0.933. The summed E-state index contributed by atoms with van der Waals surface area (Å²) in [6.07, 6.45) is 10.4. The smallest absolute Gasteiger partial charge is 0.227 e. The molecule has 3 nitrogen and oxygen atoms in total. The van der Waals surface area contributed by atoms with Crippen LogP contribution in [0.3, 0.4) is 0 Å². The van der Waals surface area contributed by atoms with Crippen molar-refractivity contribution in [3.8, 4) is 0 Å². The Morgan fingerprint density at radius 2 is 1.83 bits per heavy atom. The molecule has 1 amide bonds. The van der Waals surface area contributed by atoms with E-state index in [0.717, 1.165) is 32.0 Å². The predicted octanol–water partition coefficient (Wildman–Crippen LogP) is 2.17. The normalized spacial score (nSPS) is 34.1. The summed E-state index contributed by atoms with van der Waals surface area (Å²) in [5, 5.41) is 3.32. The van der Waals surface area contributed by atoms with Crippen molar-refractivity contribution in [2.75, 3.05) is 19.6 Å². The standard InChI is InChI=1S/C15H26N2O/c18-15(13-8-9-16-11-13)17-10-4-7-14(17)12-5-2-1-3-6-12/h12-14,16H,1-11H2. The first-order valence-electron chi connectivity index (χ1n) is 7.87. The Labute approximate surface area is 110 Å². The van der Waals surface area contributed by atoms with Gasteiger partial charge < -0.3 is 10.2 Å². The van der Waals surface area contributed by atoms with Crippen LogP contribution < -0.4 is 5.32 Å². The minimum atomic E-state index is 0.272. The molecule has 1 aliphatic carbocycles. The molecule has 2 atom stereocenters. The summed E-state index contributed by atoms with van der Waals surface area (Å²) in [5.41, 5.74) is 0. The number of nitrogens with zero attached hydrogens (tertiary/aromatic N) is 1. The maximum absolute atomic E-state index is 12.6. The number of likely N-dealkylation sites (tertiary alicyclic amines) is 1. The zero-order chi connectivity index (χ0) is 12.4. The van der Waals surface area contributed by atoms with Crippen molar-refractivity contribution in [1.82, 2.24) is 10.2 Å². The molecule has 18 heavy (non-hydrogen) atoms. The van der Waals surface area contributed by atoms with E-state index in [1.54, 1.807) is 0 Å². The summed E-state index contributed by atoms with van der Waals surface area (Å²) < 4.78 is 0. The molecular formula is C15H26N2O. The molecule has 3 aliphatic rings. The van der Waals surface area contributed by atoms with Crippen molar-refractivity contribution < 1.29 is 4.79 Å². The molecule has 2 heterocycles. The van der Waals surface area contributed by atoms with E-state index in [9.17, 15) is 4.79 Å². The van der Waals surface area contributed by atoms with Crippen LogP contribution in [0.2, 0.25) is 0 Å². The van der Waals surface area contributed by atoms with Gasteiger partial charge in [0.25, 0.3) is 0 Å². The predicted molar refractivity (Wildman–Crippen MR) is 72.3 cm³/mol. The highest BCUT2D eigenvalue weighted by molar-refractivity contribution is 5.80. The lowest BCUT2D eigenvalue weighted by Crippen LogP contribution is -2.44. The van der Waals surface area contributed by atoms with E-state index in [1.165, 1.54) is 44.9 Å². The molecule has 0 radical (unpaired) electrons. The van der Waals surface area contributed by atoms with Crippen molar-refractivity contribution in [1.29, 1.82) is 0 Å². The van der Waals surface area contributed by atoms with Gasteiger partial charge in [0.2, 0.25) is 5.91 Å². The third-order valence-electron chi connectivity index (χ3n) is 5.19. The van der Waals surface area contributed by atoms with Crippen molar-refractivity contribution in [3.63, 3.8) is 0 Å². The highest BCUT2D eigenvalue weighted by Crippen LogP contribution is 2.35. The van der Waals surface area contributed by atoms with Crippen LogP contribution in [0.25, 0.3) is 0 Å². The Balaban J connectivity index is 1.64. The van der Waals surface area contributed by atoms with Gasteiger partial charge in [0.1, 0.15) is 0 Å². The van der Waals surface area contributed by atoms with E-state index in [2.05, 4.69) is 10.2 Å². The van der Waals surface area contributed by atoms with E-state index < -0.39 is 0 Å². The first-order valence-corrected chi connectivity index (χ1v) is 7.87. The number of rotatable bonds is 2. The van der Waals surface area contributed by atoms with Gasteiger partial charge in [0.05, 0.1) is 5.92 Å². The van der Waals surface area contributed by atoms with Crippen molar-refractivity contribution >= 4 is 5.91 Å². The minimum absolute atomic E-state index is 0.272. The van der Waals surface area contributed by atoms with Crippen LogP contribution in [-0.4, -0.2) is 36.5 Å². The number of carbonyl (C=O) groups excluding carboxylic acids is 1.